The summed E-state index contributed by atoms with van der Waals surface area (Å²) in [7, 11) is 0. The molecule has 1 atom stereocenters. The fourth-order valence-corrected chi connectivity index (χ4v) is 2.74. The second kappa shape index (κ2) is 12.0. The number of hydrogen-bond acceptors (Lipinski definition) is 4. The first-order valence-electron chi connectivity index (χ1n) is 7.84. The van der Waals surface area contributed by atoms with E-state index in [9.17, 15) is 13.9 Å². The molecule has 0 saturated carbocycles. The maximum Gasteiger partial charge on any atom is 0.387 e. The van der Waals surface area contributed by atoms with Crippen LogP contribution in [0.1, 0.15) is 24.2 Å². The number of aliphatic hydroxyl groups excluding tert-OH is 1. The number of benzene rings is 1. The zero-order valence-corrected chi connectivity index (χ0v) is 17.3. The highest BCUT2D eigenvalue weighted by Crippen LogP contribution is 2.19. The number of hydrogen-bond donors (Lipinski definition) is 3. The van der Waals surface area contributed by atoms with E-state index in [1.54, 1.807) is 23.5 Å². The van der Waals surface area contributed by atoms with E-state index < -0.39 is 12.7 Å². The van der Waals surface area contributed by atoms with E-state index in [0.29, 0.717) is 24.6 Å². The van der Waals surface area contributed by atoms with E-state index in [4.69, 9.17) is 0 Å². The van der Waals surface area contributed by atoms with Gasteiger partial charge in [0.25, 0.3) is 0 Å². The second-order valence-corrected chi connectivity index (χ2v) is 5.95. The van der Waals surface area contributed by atoms with Crippen LogP contribution in [0.4, 0.5) is 8.78 Å². The van der Waals surface area contributed by atoms with Gasteiger partial charge in [-0.15, -0.1) is 24.0 Å². The predicted octanol–water partition coefficient (Wildman–Crippen LogP) is 3.76. The topological polar surface area (TPSA) is 65.9 Å². The Morgan fingerprint density at radius 1 is 1.23 bits per heavy atom. The summed E-state index contributed by atoms with van der Waals surface area (Å²) in [5, 5.41) is 20.4. The second-order valence-electron chi connectivity index (χ2n) is 5.17. The van der Waals surface area contributed by atoms with Crippen LogP contribution in [0.15, 0.2) is 46.1 Å². The molecule has 0 aliphatic carbocycles. The molecule has 0 bridgehead atoms. The summed E-state index contributed by atoms with van der Waals surface area (Å²) in [5.74, 6) is 0.662. The van der Waals surface area contributed by atoms with Crippen molar-refractivity contribution >= 4 is 41.3 Å². The number of thiophene rings is 1. The van der Waals surface area contributed by atoms with E-state index in [-0.39, 0.29) is 36.3 Å². The van der Waals surface area contributed by atoms with Crippen LogP contribution in [0.25, 0.3) is 0 Å². The first kappa shape index (κ1) is 22.6. The largest absolute Gasteiger partial charge is 0.435 e. The van der Waals surface area contributed by atoms with Crippen molar-refractivity contribution in [1.82, 2.24) is 10.6 Å². The van der Waals surface area contributed by atoms with Crippen LogP contribution in [0, 0.1) is 0 Å². The highest BCUT2D eigenvalue weighted by molar-refractivity contribution is 14.0. The van der Waals surface area contributed by atoms with Gasteiger partial charge in [-0.05, 0) is 47.0 Å². The Kier molecular flexibility index (Phi) is 10.4. The number of ether oxygens (including phenoxy) is 1. The summed E-state index contributed by atoms with van der Waals surface area (Å²) < 4.78 is 28.6. The zero-order chi connectivity index (χ0) is 18.1. The molecule has 2 aromatic rings. The molecule has 0 spiro atoms. The molecular formula is C17H22F2IN3O2S. The van der Waals surface area contributed by atoms with Gasteiger partial charge in [-0.25, -0.2) is 4.99 Å². The highest BCUT2D eigenvalue weighted by Gasteiger charge is 2.10. The Hall–Kier alpha value is -1.46. The van der Waals surface area contributed by atoms with E-state index >= 15 is 0 Å². The van der Waals surface area contributed by atoms with Gasteiger partial charge in [0.1, 0.15) is 5.75 Å². The summed E-state index contributed by atoms with van der Waals surface area (Å²) in [5.41, 5.74) is 1.72. The molecule has 0 aliphatic rings. The van der Waals surface area contributed by atoms with Crippen molar-refractivity contribution in [3.05, 3.63) is 52.2 Å². The third-order valence-corrected chi connectivity index (χ3v) is 4.03. The maximum atomic E-state index is 12.1. The Morgan fingerprint density at radius 3 is 2.54 bits per heavy atom. The Morgan fingerprint density at radius 2 is 1.96 bits per heavy atom. The number of nitrogens with zero attached hydrogens (tertiary/aromatic N) is 1. The molecule has 1 unspecified atom stereocenters. The molecule has 1 heterocycles. The van der Waals surface area contributed by atoms with Crippen molar-refractivity contribution < 1.29 is 18.6 Å². The molecule has 0 amide bonds. The van der Waals surface area contributed by atoms with Crippen LogP contribution in [0.5, 0.6) is 5.75 Å². The summed E-state index contributed by atoms with van der Waals surface area (Å²) in [4.78, 5) is 4.45. The van der Waals surface area contributed by atoms with Crippen LogP contribution < -0.4 is 15.4 Å². The third kappa shape index (κ3) is 7.83. The number of rotatable bonds is 8. The molecule has 1 aromatic carbocycles. The minimum atomic E-state index is -2.86. The highest BCUT2D eigenvalue weighted by atomic mass is 127. The number of halogens is 3. The molecule has 0 saturated heterocycles. The van der Waals surface area contributed by atoms with Crippen molar-refractivity contribution in [1.29, 1.82) is 0 Å². The van der Waals surface area contributed by atoms with Gasteiger partial charge in [0.05, 0.1) is 12.6 Å². The van der Waals surface area contributed by atoms with Crippen LogP contribution in [-0.4, -0.2) is 30.8 Å². The first-order valence-corrected chi connectivity index (χ1v) is 8.79. The molecule has 3 N–H and O–H groups in total. The van der Waals surface area contributed by atoms with Gasteiger partial charge in [0, 0.05) is 13.1 Å². The van der Waals surface area contributed by atoms with Crippen molar-refractivity contribution in [3.8, 4) is 5.75 Å². The number of alkyl halides is 2. The lowest BCUT2D eigenvalue weighted by Gasteiger charge is -2.16. The average molecular weight is 497 g/mol. The van der Waals surface area contributed by atoms with Crippen molar-refractivity contribution in [2.24, 2.45) is 4.99 Å². The Bertz CT molecular complexity index is 655. The first-order chi connectivity index (χ1) is 12.1. The van der Waals surface area contributed by atoms with Crippen LogP contribution in [-0.2, 0) is 6.54 Å². The molecule has 1 aromatic heterocycles. The van der Waals surface area contributed by atoms with Crippen molar-refractivity contribution in [2.45, 2.75) is 26.2 Å². The normalized spacial score (nSPS) is 12.4. The van der Waals surface area contributed by atoms with Crippen LogP contribution in [0.3, 0.4) is 0 Å². The summed E-state index contributed by atoms with van der Waals surface area (Å²) in [6.45, 7) is 0.587. The molecule has 2 rings (SSSR count). The minimum absolute atomic E-state index is 0. The number of aliphatic imine (C=N–C) groups is 1. The van der Waals surface area contributed by atoms with E-state index in [0.717, 1.165) is 5.56 Å². The summed E-state index contributed by atoms with van der Waals surface area (Å²) in [6, 6.07) is 7.93. The van der Waals surface area contributed by atoms with E-state index in [2.05, 4.69) is 20.4 Å². The quantitative estimate of drug-likeness (QED) is 0.295. The van der Waals surface area contributed by atoms with E-state index in [1.807, 2.05) is 23.8 Å². The van der Waals surface area contributed by atoms with Crippen molar-refractivity contribution in [2.75, 3.05) is 13.1 Å². The summed E-state index contributed by atoms with van der Waals surface area (Å²) >= 11 is 1.62. The number of aliphatic hydroxyl groups is 1. The minimum Gasteiger partial charge on any atom is -0.435 e. The third-order valence-electron chi connectivity index (χ3n) is 3.30. The molecular weight excluding hydrogens is 475 g/mol. The lowest BCUT2D eigenvalue weighted by molar-refractivity contribution is -0.0498. The molecule has 0 radical (unpaired) electrons. The van der Waals surface area contributed by atoms with Crippen LogP contribution in [0.2, 0.25) is 0 Å². The monoisotopic (exact) mass is 497 g/mol. The molecule has 0 aliphatic heterocycles. The summed E-state index contributed by atoms with van der Waals surface area (Å²) in [6.07, 6.45) is -0.800. The van der Waals surface area contributed by atoms with Gasteiger partial charge in [-0.2, -0.15) is 20.1 Å². The van der Waals surface area contributed by atoms with Gasteiger partial charge in [-0.1, -0.05) is 12.1 Å². The van der Waals surface area contributed by atoms with Crippen molar-refractivity contribution in [3.63, 3.8) is 0 Å². The van der Waals surface area contributed by atoms with Gasteiger partial charge in [0.2, 0.25) is 0 Å². The Balaban J connectivity index is 0.00000338. The van der Waals surface area contributed by atoms with Gasteiger partial charge >= 0.3 is 6.61 Å². The average Bonchev–Trinajstić information content (AvgIpc) is 3.10. The fraction of sp³-hybridized carbons (Fsp3) is 0.353. The molecule has 144 valence electrons. The zero-order valence-electron chi connectivity index (χ0n) is 14.2. The number of nitrogens with one attached hydrogen (secondary N) is 2. The maximum absolute atomic E-state index is 12.1. The lowest BCUT2D eigenvalue weighted by Crippen LogP contribution is -2.39. The smallest absolute Gasteiger partial charge is 0.387 e. The van der Waals surface area contributed by atoms with E-state index in [1.165, 1.54) is 12.1 Å². The molecule has 9 heteroatoms. The lowest BCUT2D eigenvalue weighted by atomic mass is 10.1. The molecule has 5 nitrogen and oxygen atoms in total. The SMILES string of the molecule is CCNC(=NCc1ccsc1)NCC(O)c1ccc(OC(F)F)cc1.I. The predicted molar refractivity (Wildman–Crippen MR) is 111 cm³/mol. The van der Waals surface area contributed by atoms with Crippen LogP contribution >= 0.6 is 35.3 Å². The fourth-order valence-electron chi connectivity index (χ4n) is 2.08. The Labute approximate surface area is 172 Å². The molecule has 0 fully saturated rings. The van der Waals surface area contributed by atoms with Gasteiger partial charge in [0.15, 0.2) is 5.96 Å². The number of guanidine groups is 1. The van der Waals surface area contributed by atoms with Gasteiger partial charge in [-0.3, -0.25) is 0 Å². The standard InChI is InChI=1S/C17H21F2N3O2S.HI/c1-2-20-17(21-9-12-7-8-25-11-12)22-10-15(23)13-3-5-14(6-4-13)24-16(18)19;/h3-8,11,15-16,23H,2,9-10H2,1H3,(H2,20,21,22);1H. The van der Waals surface area contributed by atoms with Gasteiger partial charge < -0.3 is 20.5 Å². The molecule has 26 heavy (non-hydrogen) atoms.